The van der Waals surface area contributed by atoms with Crippen molar-refractivity contribution in [3.8, 4) is 0 Å². The lowest BCUT2D eigenvalue weighted by atomic mass is 9.45. The fraction of sp³-hybridized carbons (Fsp3) is 0.895. The Kier molecular flexibility index (Phi) is 3.18. The van der Waals surface area contributed by atoms with E-state index < -0.39 is 0 Å². The molecule has 0 N–H and O–H groups in total. The van der Waals surface area contributed by atoms with Crippen molar-refractivity contribution < 1.29 is 4.74 Å². The molecule has 3 saturated carbocycles. The standard InChI is InChI=1S/C19H26ClIO/c1-17-9-6-14-12(13(17)4-5-15(17)21)10-16-19(20)8-3-2-7-18(14,19)11-22-16/h5,12-14,16H,2-4,6-11H2,1H3/t12-,13-,14-,16+,17-,18-,19+/m0/s1. The molecule has 0 radical (unpaired) electrons. The molecular formula is C19H26ClIO. The van der Waals surface area contributed by atoms with Crippen molar-refractivity contribution in [2.24, 2.45) is 28.6 Å². The van der Waals surface area contributed by atoms with Crippen LogP contribution in [0, 0.1) is 28.6 Å². The highest BCUT2D eigenvalue weighted by Gasteiger charge is 2.71. The number of rotatable bonds is 0. The molecule has 0 aromatic rings. The molecular weight excluding hydrogens is 407 g/mol. The van der Waals surface area contributed by atoms with Crippen molar-refractivity contribution in [2.45, 2.75) is 69.3 Å². The second-order valence-corrected chi connectivity index (χ2v) is 10.7. The van der Waals surface area contributed by atoms with E-state index in [1.54, 1.807) is 3.58 Å². The third-order valence-electron chi connectivity index (χ3n) is 8.41. The molecule has 22 heavy (non-hydrogen) atoms. The minimum atomic E-state index is -0.0284. The van der Waals surface area contributed by atoms with Crippen molar-refractivity contribution in [2.75, 3.05) is 6.61 Å². The van der Waals surface area contributed by atoms with Gasteiger partial charge in [0.2, 0.25) is 0 Å². The number of halogens is 2. The van der Waals surface area contributed by atoms with Gasteiger partial charge in [-0.25, -0.2) is 0 Å². The molecule has 4 fully saturated rings. The van der Waals surface area contributed by atoms with E-state index in [-0.39, 0.29) is 4.87 Å². The van der Waals surface area contributed by atoms with Gasteiger partial charge in [0.1, 0.15) is 0 Å². The number of hydrogen-bond acceptors (Lipinski definition) is 1. The zero-order valence-corrected chi connectivity index (χ0v) is 16.3. The van der Waals surface area contributed by atoms with E-state index in [9.17, 15) is 0 Å². The lowest BCUT2D eigenvalue weighted by Crippen LogP contribution is -2.62. The lowest BCUT2D eigenvalue weighted by molar-refractivity contribution is -0.0751. The van der Waals surface area contributed by atoms with Crippen LogP contribution in [0.4, 0.5) is 0 Å². The fourth-order valence-electron chi connectivity index (χ4n) is 7.25. The van der Waals surface area contributed by atoms with Gasteiger partial charge in [-0.15, -0.1) is 11.6 Å². The van der Waals surface area contributed by atoms with Crippen LogP contribution < -0.4 is 0 Å². The summed E-state index contributed by atoms with van der Waals surface area (Å²) in [5, 5.41) is 0. The van der Waals surface area contributed by atoms with E-state index in [2.05, 4.69) is 35.6 Å². The van der Waals surface area contributed by atoms with Gasteiger partial charge >= 0.3 is 0 Å². The lowest BCUT2D eigenvalue weighted by Gasteiger charge is -2.61. The van der Waals surface area contributed by atoms with Gasteiger partial charge in [0.15, 0.2) is 0 Å². The summed E-state index contributed by atoms with van der Waals surface area (Å²) in [4.78, 5) is -0.0284. The number of hydrogen-bond donors (Lipinski definition) is 0. The number of fused-ring (bicyclic) bond motifs is 3. The maximum atomic E-state index is 7.32. The van der Waals surface area contributed by atoms with Gasteiger partial charge < -0.3 is 4.74 Å². The Morgan fingerprint density at radius 3 is 2.91 bits per heavy atom. The van der Waals surface area contributed by atoms with Gasteiger partial charge in [-0.3, -0.25) is 0 Å². The quantitative estimate of drug-likeness (QED) is 0.352. The van der Waals surface area contributed by atoms with E-state index in [0.29, 0.717) is 16.9 Å². The van der Waals surface area contributed by atoms with E-state index in [0.717, 1.165) is 24.4 Å². The van der Waals surface area contributed by atoms with E-state index in [1.165, 1.54) is 51.4 Å². The highest BCUT2D eigenvalue weighted by molar-refractivity contribution is 14.1. The molecule has 2 bridgehead atoms. The Balaban J connectivity index is 1.57. The summed E-state index contributed by atoms with van der Waals surface area (Å²) < 4.78 is 8.00. The van der Waals surface area contributed by atoms with Gasteiger partial charge in [-0.1, -0.05) is 25.8 Å². The first-order chi connectivity index (χ1) is 10.5. The van der Waals surface area contributed by atoms with Gasteiger partial charge in [0.25, 0.3) is 0 Å². The van der Waals surface area contributed by atoms with Gasteiger partial charge in [-0.2, -0.15) is 0 Å². The zero-order chi connectivity index (χ0) is 15.2. The first kappa shape index (κ1) is 15.0. The van der Waals surface area contributed by atoms with Crippen LogP contribution in [0.5, 0.6) is 0 Å². The minimum Gasteiger partial charge on any atom is -0.376 e. The van der Waals surface area contributed by atoms with Gasteiger partial charge in [0, 0.05) is 10.8 Å². The molecule has 1 saturated heterocycles. The van der Waals surface area contributed by atoms with Crippen LogP contribution >= 0.6 is 34.2 Å². The van der Waals surface area contributed by atoms with E-state index >= 15 is 0 Å². The Morgan fingerprint density at radius 2 is 2.05 bits per heavy atom. The van der Waals surface area contributed by atoms with Crippen LogP contribution in [0.2, 0.25) is 0 Å². The summed E-state index contributed by atoms with van der Waals surface area (Å²) in [6, 6.07) is 0. The minimum absolute atomic E-state index is 0.0284. The van der Waals surface area contributed by atoms with Crippen molar-refractivity contribution >= 4 is 34.2 Å². The van der Waals surface area contributed by atoms with Crippen molar-refractivity contribution in [1.82, 2.24) is 0 Å². The summed E-state index contributed by atoms with van der Waals surface area (Å²) in [5.74, 6) is 2.51. The molecule has 5 rings (SSSR count). The van der Waals surface area contributed by atoms with Crippen LogP contribution in [-0.2, 0) is 4.74 Å². The van der Waals surface area contributed by atoms with E-state index in [4.69, 9.17) is 16.3 Å². The van der Waals surface area contributed by atoms with Crippen LogP contribution in [-0.4, -0.2) is 17.6 Å². The molecule has 1 heterocycles. The first-order valence-corrected chi connectivity index (χ1v) is 10.6. The van der Waals surface area contributed by atoms with Crippen LogP contribution in [0.1, 0.15) is 58.3 Å². The average Bonchev–Trinajstić information content (AvgIpc) is 2.89. The summed E-state index contributed by atoms with van der Waals surface area (Å²) in [6.07, 6.45) is 13.3. The topological polar surface area (TPSA) is 9.23 Å². The molecule has 5 aliphatic rings. The van der Waals surface area contributed by atoms with Crippen LogP contribution in [0.25, 0.3) is 0 Å². The molecule has 1 nitrogen and oxygen atoms in total. The third-order valence-corrected chi connectivity index (χ3v) is 10.9. The fourth-order valence-corrected chi connectivity index (χ4v) is 8.75. The van der Waals surface area contributed by atoms with Gasteiger partial charge in [-0.05, 0) is 82.4 Å². The monoisotopic (exact) mass is 432 g/mol. The van der Waals surface area contributed by atoms with Crippen molar-refractivity contribution in [1.29, 1.82) is 0 Å². The highest BCUT2D eigenvalue weighted by Crippen LogP contribution is 2.72. The smallest absolute Gasteiger partial charge is 0.0788 e. The average molecular weight is 433 g/mol. The SMILES string of the molecule is C[C@]12CC[C@H]3[C@@H](C[C@H]4OC[C@@]35CCCC[C@@]45Cl)[C@@H]1CC=C2I. The molecule has 0 aromatic carbocycles. The van der Waals surface area contributed by atoms with Gasteiger partial charge in [0.05, 0.1) is 17.6 Å². The molecule has 1 aliphatic heterocycles. The predicted octanol–water partition coefficient (Wildman–Crippen LogP) is 5.70. The number of alkyl halides is 1. The molecule has 0 unspecified atom stereocenters. The summed E-state index contributed by atoms with van der Waals surface area (Å²) in [6.45, 7) is 3.49. The first-order valence-electron chi connectivity index (χ1n) is 9.18. The Labute approximate surface area is 152 Å². The zero-order valence-electron chi connectivity index (χ0n) is 13.4. The summed E-state index contributed by atoms with van der Waals surface area (Å²) in [5.41, 5.74) is 0.758. The molecule has 0 spiro atoms. The summed E-state index contributed by atoms with van der Waals surface area (Å²) >= 11 is 9.93. The van der Waals surface area contributed by atoms with Crippen molar-refractivity contribution in [3.63, 3.8) is 0 Å². The largest absolute Gasteiger partial charge is 0.376 e. The second-order valence-electron chi connectivity index (χ2n) is 8.88. The van der Waals surface area contributed by atoms with Crippen molar-refractivity contribution in [3.05, 3.63) is 9.66 Å². The molecule has 3 heteroatoms. The summed E-state index contributed by atoms with van der Waals surface area (Å²) in [7, 11) is 0. The molecule has 4 aliphatic carbocycles. The maximum Gasteiger partial charge on any atom is 0.0788 e. The molecule has 122 valence electrons. The molecule has 0 aromatic heterocycles. The number of allylic oxidation sites excluding steroid dienone is 2. The maximum absolute atomic E-state index is 7.32. The third kappa shape index (κ3) is 1.57. The Morgan fingerprint density at radius 1 is 1.23 bits per heavy atom. The predicted molar refractivity (Wildman–Crippen MR) is 98.4 cm³/mol. The molecule has 7 atom stereocenters. The Bertz CT molecular complexity index is 544. The van der Waals surface area contributed by atoms with Crippen LogP contribution in [0.15, 0.2) is 9.66 Å². The van der Waals surface area contributed by atoms with E-state index in [1.807, 2.05) is 0 Å². The van der Waals surface area contributed by atoms with Crippen LogP contribution in [0.3, 0.4) is 0 Å². The second kappa shape index (κ2) is 4.66. The number of ether oxygens (including phenoxy) is 1. The highest BCUT2D eigenvalue weighted by atomic mass is 127. The normalized spacial score (nSPS) is 59.5. The Hall–Kier alpha value is 0.720. The molecule has 0 amide bonds.